The molecule has 1 aliphatic rings. The van der Waals surface area contributed by atoms with Crippen LogP contribution in [0.4, 0.5) is 5.69 Å². The van der Waals surface area contributed by atoms with E-state index in [1.807, 2.05) is 36.4 Å². The Labute approximate surface area is 164 Å². The molecule has 0 unspecified atom stereocenters. The number of rotatable bonds is 3. The molecule has 0 spiro atoms. The Kier molecular flexibility index (Phi) is 4.79. The minimum absolute atomic E-state index is 0.228. The Bertz CT molecular complexity index is 1100. The number of para-hydroxylation sites is 1. The van der Waals surface area contributed by atoms with Crippen LogP contribution in [0.1, 0.15) is 29.9 Å². The van der Waals surface area contributed by atoms with E-state index in [0.717, 1.165) is 48.3 Å². The molecule has 0 radical (unpaired) electrons. The second-order valence-electron chi connectivity index (χ2n) is 7.25. The fraction of sp³-hybridized carbons (Fsp3) is 0.304. The highest BCUT2D eigenvalue weighted by Crippen LogP contribution is 2.35. The van der Waals surface area contributed by atoms with Crippen molar-refractivity contribution in [2.75, 3.05) is 25.1 Å². The highest BCUT2D eigenvalue weighted by molar-refractivity contribution is 5.94. The number of hydrogen-bond acceptors (Lipinski definition) is 4. The summed E-state index contributed by atoms with van der Waals surface area (Å²) in [5.41, 5.74) is 2.97. The van der Waals surface area contributed by atoms with E-state index in [1.54, 1.807) is 18.7 Å². The van der Waals surface area contributed by atoms with Gasteiger partial charge >= 0.3 is 0 Å². The van der Waals surface area contributed by atoms with Gasteiger partial charge in [-0.25, -0.2) is 0 Å². The molecule has 5 heteroatoms. The first kappa shape index (κ1) is 18.1. The van der Waals surface area contributed by atoms with Gasteiger partial charge < -0.3 is 14.2 Å². The van der Waals surface area contributed by atoms with Gasteiger partial charge in [0.25, 0.3) is 5.56 Å². The molecule has 0 bridgehead atoms. The third-order valence-corrected chi connectivity index (χ3v) is 5.79. The van der Waals surface area contributed by atoms with Gasteiger partial charge in [0.1, 0.15) is 17.4 Å². The van der Waals surface area contributed by atoms with Crippen LogP contribution in [0.2, 0.25) is 0 Å². The van der Waals surface area contributed by atoms with Gasteiger partial charge in [-0.05, 0) is 42.5 Å². The summed E-state index contributed by atoms with van der Waals surface area (Å²) in [5, 5.41) is 10.7. The number of benzene rings is 2. The summed E-state index contributed by atoms with van der Waals surface area (Å²) in [5.74, 6) is 1.34. The van der Waals surface area contributed by atoms with E-state index in [1.165, 1.54) is 5.56 Å². The molecule has 0 saturated carbocycles. The van der Waals surface area contributed by atoms with Crippen LogP contribution in [-0.2, 0) is 7.05 Å². The number of aryl methyl sites for hydroxylation is 1. The van der Waals surface area contributed by atoms with Crippen LogP contribution in [-0.4, -0.2) is 24.8 Å². The van der Waals surface area contributed by atoms with E-state index in [0.29, 0.717) is 5.92 Å². The number of pyridine rings is 1. The third kappa shape index (κ3) is 3.01. The standard InChI is InChI=1S/C23H23N3O2/c1-25-21-6-4-3-5-19(21)22(20(15-24)23(25)27)26-13-11-17(12-14-26)16-7-9-18(28-2)10-8-16/h3-10,17H,11-14H2,1-2H3. The Morgan fingerprint density at radius 1 is 1.07 bits per heavy atom. The van der Waals surface area contributed by atoms with E-state index < -0.39 is 0 Å². The molecule has 142 valence electrons. The lowest BCUT2D eigenvalue weighted by Gasteiger charge is -2.35. The van der Waals surface area contributed by atoms with Crippen molar-refractivity contribution in [2.45, 2.75) is 18.8 Å². The average Bonchev–Trinajstić information content (AvgIpc) is 2.76. The summed E-state index contributed by atoms with van der Waals surface area (Å²) in [6.45, 7) is 1.64. The average molecular weight is 373 g/mol. The molecule has 28 heavy (non-hydrogen) atoms. The highest BCUT2D eigenvalue weighted by atomic mass is 16.5. The van der Waals surface area contributed by atoms with Crippen molar-refractivity contribution < 1.29 is 4.74 Å². The molecule has 0 atom stereocenters. The third-order valence-electron chi connectivity index (χ3n) is 5.79. The smallest absolute Gasteiger partial charge is 0.270 e. The van der Waals surface area contributed by atoms with Gasteiger partial charge in [0.2, 0.25) is 0 Å². The number of ether oxygens (including phenoxy) is 1. The maximum Gasteiger partial charge on any atom is 0.270 e. The molecular weight excluding hydrogens is 350 g/mol. The Morgan fingerprint density at radius 2 is 1.75 bits per heavy atom. The molecule has 1 aromatic heterocycles. The van der Waals surface area contributed by atoms with Crippen LogP contribution in [0.15, 0.2) is 53.3 Å². The number of methoxy groups -OCH3 is 1. The number of fused-ring (bicyclic) bond motifs is 1. The Balaban J connectivity index is 1.66. The van der Waals surface area contributed by atoms with Crippen molar-refractivity contribution in [2.24, 2.45) is 7.05 Å². The SMILES string of the molecule is COc1ccc(C2CCN(c3c(C#N)c(=O)n(C)c4ccccc34)CC2)cc1. The van der Waals surface area contributed by atoms with Gasteiger partial charge in [-0.15, -0.1) is 0 Å². The first-order valence-corrected chi connectivity index (χ1v) is 9.54. The Hall–Kier alpha value is -3.26. The second kappa shape index (κ2) is 7.40. The van der Waals surface area contributed by atoms with Gasteiger partial charge in [0, 0.05) is 25.5 Å². The number of hydrogen-bond donors (Lipinski definition) is 0. The summed E-state index contributed by atoms with van der Waals surface area (Å²) < 4.78 is 6.82. The lowest BCUT2D eigenvalue weighted by molar-refractivity contribution is 0.414. The molecular formula is C23H23N3O2. The van der Waals surface area contributed by atoms with Crippen LogP contribution >= 0.6 is 0 Å². The fourth-order valence-corrected chi connectivity index (χ4v) is 4.22. The van der Waals surface area contributed by atoms with Crippen molar-refractivity contribution >= 4 is 16.6 Å². The van der Waals surface area contributed by atoms with Crippen molar-refractivity contribution in [3.8, 4) is 11.8 Å². The fourth-order valence-electron chi connectivity index (χ4n) is 4.22. The monoisotopic (exact) mass is 373 g/mol. The van der Waals surface area contributed by atoms with Crippen molar-refractivity contribution in [1.29, 1.82) is 5.26 Å². The quantitative estimate of drug-likeness (QED) is 0.701. The number of aromatic nitrogens is 1. The summed E-state index contributed by atoms with van der Waals surface area (Å²) in [7, 11) is 3.40. The first-order chi connectivity index (χ1) is 13.6. The molecule has 1 fully saturated rings. The van der Waals surface area contributed by atoms with Crippen LogP contribution in [0, 0.1) is 11.3 Å². The summed E-state index contributed by atoms with van der Waals surface area (Å²) in [4.78, 5) is 14.9. The maximum atomic E-state index is 12.7. The zero-order chi connectivity index (χ0) is 19.7. The first-order valence-electron chi connectivity index (χ1n) is 9.54. The van der Waals surface area contributed by atoms with Crippen molar-refractivity contribution in [1.82, 2.24) is 4.57 Å². The van der Waals surface area contributed by atoms with E-state index in [-0.39, 0.29) is 11.1 Å². The summed E-state index contributed by atoms with van der Waals surface area (Å²) in [6, 6.07) is 18.3. The molecule has 1 saturated heterocycles. The van der Waals surface area contributed by atoms with Crippen molar-refractivity contribution in [3.63, 3.8) is 0 Å². The number of piperidine rings is 1. The highest BCUT2D eigenvalue weighted by Gasteiger charge is 2.25. The van der Waals surface area contributed by atoms with E-state index in [2.05, 4.69) is 23.1 Å². The minimum atomic E-state index is -0.228. The van der Waals surface area contributed by atoms with E-state index in [4.69, 9.17) is 4.74 Å². The predicted octanol–water partition coefficient (Wildman–Crippen LogP) is 3.80. The number of anilines is 1. The number of nitriles is 1. The maximum absolute atomic E-state index is 12.7. The predicted molar refractivity (Wildman–Crippen MR) is 111 cm³/mol. The van der Waals surface area contributed by atoms with Crippen LogP contribution in [0.5, 0.6) is 5.75 Å². The molecule has 1 aliphatic heterocycles. The Morgan fingerprint density at radius 3 is 2.39 bits per heavy atom. The molecule has 4 rings (SSSR count). The molecule has 0 N–H and O–H groups in total. The van der Waals surface area contributed by atoms with Crippen LogP contribution in [0.25, 0.3) is 10.9 Å². The normalized spacial score (nSPS) is 14.8. The topological polar surface area (TPSA) is 58.3 Å². The van der Waals surface area contributed by atoms with E-state index >= 15 is 0 Å². The molecule has 5 nitrogen and oxygen atoms in total. The summed E-state index contributed by atoms with van der Waals surface area (Å²) in [6.07, 6.45) is 1.97. The van der Waals surface area contributed by atoms with Crippen molar-refractivity contribution in [3.05, 3.63) is 70.0 Å². The zero-order valence-corrected chi connectivity index (χ0v) is 16.2. The largest absolute Gasteiger partial charge is 0.497 e. The molecule has 2 aromatic carbocycles. The summed E-state index contributed by atoms with van der Waals surface area (Å²) >= 11 is 0. The van der Waals surface area contributed by atoms with Crippen LogP contribution in [0.3, 0.4) is 0 Å². The lowest BCUT2D eigenvalue weighted by Crippen LogP contribution is -2.35. The lowest BCUT2D eigenvalue weighted by atomic mass is 9.89. The van der Waals surface area contributed by atoms with Gasteiger partial charge in [0.05, 0.1) is 18.3 Å². The zero-order valence-electron chi connectivity index (χ0n) is 16.2. The molecule has 2 heterocycles. The van der Waals surface area contributed by atoms with E-state index in [9.17, 15) is 10.1 Å². The molecule has 0 amide bonds. The second-order valence-corrected chi connectivity index (χ2v) is 7.25. The molecule has 0 aliphatic carbocycles. The van der Waals surface area contributed by atoms with Gasteiger partial charge in [-0.1, -0.05) is 30.3 Å². The van der Waals surface area contributed by atoms with Gasteiger partial charge in [-0.2, -0.15) is 5.26 Å². The van der Waals surface area contributed by atoms with Gasteiger partial charge in [-0.3, -0.25) is 4.79 Å². The molecule has 3 aromatic rings. The van der Waals surface area contributed by atoms with Crippen LogP contribution < -0.4 is 15.2 Å². The van der Waals surface area contributed by atoms with Gasteiger partial charge in [0.15, 0.2) is 0 Å². The minimum Gasteiger partial charge on any atom is -0.497 e. The number of nitrogens with zero attached hydrogens (tertiary/aromatic N) is 3.